The Labute approximate surface area is 103 Å². The van der Waals surface area contributed by atoms with Crippen molar-refractivity contribution in [1.82, 2.24) is 9.55 Å². The SMILES string of the molecule is Cc1cc(F)ccc1Cn1ccnc1/C(N)=N/O. The van der Waals surface area contributed by atoms with Crippen molar-refractivity contribution in [2.75, 3.05) is 0 Å². The monoisotopic (exact) mass is 248 g/mol. The number of halogens is 1. The zero-order chi connectivity index (χ0) is 13.1. The summed E-state index contributed by atoms with van der Waals surface area (Å²) < 4.78 is 14.7. The Bertz CT molecular complexity index is 592. The average molecular weight is 248 g/mol. The zero-order valence-electron chi connectivity index (χ0n) is 9.84. The number of nitrogens with zero attached hydrogens (tertiary/aromatic N) is 3. The number of aromatic nitrogens is 2. The van der Waals surface area contributed by atoms with Crippen LogP contribution in [0.25, 0.3) is 0 Å². The molecule has 5 nitrogen and oxygen atoms in total. The van der Waals surface area contributed by atoms with Crippen molar-refractivity contribution in [3.63, 3.8) is 0 Å². The van der Waals surface area contributed by atoms with Gasteiger partial charge in [0.25, 0.3) is 0 Å². The molecular formula is C12H13FN4O. The Morgan fingerprint density at radius 1 is 1.56 bits per heavy atom. The van der Waals surface area contributed by atoms with Crippen LogP contribution in [0.1, 0.15) is 17.0 Å². The molecule has 0 aliphatic rings. The molecule has 0 atom stereocenters. The standard InChI is InChI=1S/C12H13FN4O/c1-8-6-10(13)3-2-9(8)7-17-5-4-15-12(17)11(14)16-18/h2-6,18H,7H2,1H3,(H2,14,16). The van der Waals surface area contributed by atoms with Gasteiger partial charge >= 0.3 is 0 Å². The minimum atomic E-state index is -0.265. The predicted octanol–water partition coefficient (Wildman–Crippen LogP) is 1.47. The van der Waals surface area contributed by atoms with Crippen molar-refractivity contribution in [2.24, 2.45) is 10.9 Å². The molecule has 1 aromatic heterocycles. The first-order chi connectivity index (χ1) is 8.61. The van der Waals surface area contributed by atoms with Gasteiger partial charge in [-0.05, 0) is 30.2 Å². The molecule has 0 bridgehead atoms. The van der Waals surface area contributed by atoms with Gasteiger partial charge in [-0.1, -0.05) is 11.2 Å². The Morgan fingerprint density at radius 3 is 3.00 bits per heavy atom. The second-order valence-electron chi connectivity index (χ2n) is 3.93. The smallest absolute Gasteiger partial charge is 0.206 e. The molecule has 0 unspecified atom stereocenters. The van der Waals surface area contributed by atoms with Crippen LogP contribution in [-0.2, 0) is 6.54 Å². The molecule has 0 radical (unpaired) electrons. The number of oxime groups is 1. The first-order valence-electron chi connectivity index (χ1n) is 5.36. The summed E-state index contributed by atoms with van der Waals surface area (Å²) in [4.78, 5) is 4.00. The molecule has 2 aromatic rings. The molecule has 0 saturated heterocycles. The summed E-state index contributed by atoms with van der Waals surface area (Å²) in [6.45, 7) is 2.32. The molecule has 0 fully saturated rings. The van der Waals surface area contributed by atoms with Crippen LogP contribution in [0.4, 0.5) is 4.39 Å². The lowest BCUT2D eigenvalue weighted by molar-refractivity contribution is 0.318. The summed E-state index contributed by atoms with van der Waals surface area (Å²) in [5.74, 6) is 0.0551. The number of benzene rings is 1. The van der Waals surface area contributed by atoms with Gasteiger partial charge < -0.3 is 15.5 Å². The van der Waals surface area contributed by atoms with E-state index in [1.807, 2.05) is 6.92 Å². The van der Waals surface area contributed by atoms with Crippen LogP contribution in [0.2, 0.25) is 0 Å². The van der Waals surface area contributed by atoms with Crippen LogP contribution >= 0.6 is 0 Å². The third-order valence-corrected chi connectivity index (χ3v) is 2.70. The molecule has 6 heteroatoms. The van der Waals surface area contributed by atoms with E-state index in [1.165, 1.54) is 12.1 Å². The minimum absolute atomic E-state index is 0.0558. The maximum atomic E-state index is 13.0. The molecule has 0 spiro atoms. The number of imidazole rings is 1. The van der Waals surface area contributed by atoms with E-state index in [9.17, 15) is 4.39 Å². The van der Waals surface area contributed by atoms with Gasteiger partial charge in [-0.25, -0.2) is 9.37 Å². The van der Waals surface area contributed by atoms with Gasteiger partial charge in [-0.2, -0.15) is 0 Å². The molecule has 94 valence electrons. The number of hydrogen-bond donors (Lipinski definition) is 2. The van der Waals surface area contributed by atoms with Crippen molar-refractivity contribution < 1.29 is 9.60 Å². The van der Waals surface area contributed by atoms with Crippen molar-refractivity contribution in [2.45, 2.75) is 13.5 Å². The average Bonchev–Trinajstić information content (AvgIpc) is 2.80. The molecule has 0 aliphatic heterocycles. The normalized spacial score (nSPS) is 11.8. The molecule has 1 aromatic carbocycles. The largest absolute Gasteiger partial charge is 0.409 e. The molecular weight excluding hydrogens is 235 g/mol. The van der Waals surface area contributed by atoms with Crippen LogP contribution in [0.15, 0.2) is 35.7 Å². The number of nitrogens with two attached hydrogens (primary N) is 1. The van der Waals surface area contributed by atoms with E-state index in [-0.39, 0.29) is 11.7 Å². The van der Waals surface area contributed by atoms with Gasteiger partial charge in [0, 0.05) is 18.9 Å². The molecule has 2 rings (SSSR count). The summed E-state index contributed by atoms with van der Waals surface area (Å²) >= 11 is 0. The fraction of sp³-hybridized carbons (Fsp3) is 0.167. The Balaban J connectivity index is 2.32. The van der Waals surface area contributed by atoms with Crippen molar-refractivity contribution in [1.29, 1.82) is 0 Å². The molecule has 0 amide bonds. The summed E-state index contributed by atoms with van der Waals surface area (Å²) in [5, 5.41) is 11.6. The summed E-state index contributed by atoms with van der Waals surface area (Å²) in [6, 6.07) is 4.58. The van der Waals surface area contributed by atoms with Gasteiger partial charge in [0.15, 0.2) is 5.82 Å². The van der Waals surface area contributed by atoms with Crippen LogP contribution < -0.4 is 5.73 Å². The lowest BCUT2D eigenvalue weighted by Gasteiger charge is -2.09. The summed E-state index contributed by atoms with van der Waals surface area (Å²) in [5.41, 5.74) is 7.30. The van der Waals surface area contributed by atoms with Gasteiger partial charge in [0.1, 0.15) is 5.82 Å². The van der Waals surface area contributed by atoms with E-state index < -0.39 is 0 Å². The quantitative estimate of drug-likeness (QED) is 0.374. The molecule has 3 N–H and O–H groups in total. The van der Waals surface area contributed by atoms with Crippen LogP contribution in [0.3, 0.4) is 0 Å². The topological polar surface area (TPSA) is 76.4 Å². The van der Waals surface area contributed by atoms with Crippen LogP contribution in [0.5, 0.6) is 0 Å². The van der Waals surface area contributed by atoms with E-state index in [4.69, 9.17) is 10.9 Å². The molecule has 0 aliphatic carbocycles. The second-order valence-corrected chi connectivity index (χ2v) is 3.93. The van der Waals surface area contributed by atoms with Crippen molar-refractivity contribution in [3.8, 4) is 0 Å². The number of aryl methyl sites for hydroxylation is 1. The second kappa shape index (κ2) is 4.87. The van der Waals surface area contributed by atoms with Gasteiger partial charge in [-0.3, -0.25) is 0 Å². The van der Waals surface area contributed by atoms with Gasteiger partial charge in [0.2, 0.25) is 5.84 Å². The van der Waals surface area contributed by atoms with E-state index >= 15 is 0 Å². The van der Waals surface area contributed by atoms with E-state index in [0.29, 0.717) is 12.4 Å². The highest BCUT2D eigenvalue weighted by Crippen LogP contribution is 2.12. The van der Waals surface area contributed by atoms with E-state index in [2.05, 4.69) is 10.1 Å². The Morgan fingerprint density at radius 2 is 2.33 bits per heavy atom. The highest BCUT2D eigenvalue weighted by atomic mass is 19.1. The third-order valence-electron chi connectivity index (χ3n) is 2.70. The van der Waals surface area contributed by atoms with E-state index in [0.717, 1.165) is 11.1 Å². The zero-order valence-corrected chi connectivity index (χ0v) is 9.84. The maximum Gasteiger partial charge on any atom is 0.206 e. The fourth-order valence-electron chi connectivity index (χ4n) is 1.73. The summed E-state index contributed by atoms with van der Waals surface area (Å²) in [7, 11) is 0. The van der Waals surface area contributed by atoms with Crippen LogP contribution in [-0.4, -0.2) is 20.6 Å². The third kappa shape index (κ3) is 2.32. The number of rotatable bonds is 3. The van der Waals surface area contributed by atoms with Crippen molar-refractivity contribution in [3.05, 3.63) is 53.4 Å². The van der Waals surface area contributed by atoms with Gasteiger partial charge in [0.05, 0.1) is 0 Å². The molecule has 0 saturated carbocycles. The van der Waals surface area contributed by atoms with E-state index in [1.54, 1.807) is 23.0 Å². The van der Waals surface area contributed by atoms with Crippen molar-refractivity contribution >= 4 is 5.84 Å². The number of hydrogen-bond acceptors (Lipinski definition) is 3. The first kappa shape index (κ1) is 12.1. The first-order valence-corrected chi connectivity index (χ1v) is 5.36. The summed E-state index contributed by atoms with van der Waals surface area (Å²) in [6.07, 6.45) is 3.28. The van der Waals surface area contributed by atoms with Gasteiger partial charge in [-0.15, -0.1) is 0 Å². The molecule has 1 heterocycles. The highest BCUT2D eigenvalue weighted by molar-refractivity contribution is 5.93. The maximum absolute atomic E-state index is 13.0. The lowest BCUT2D eigenvalue weighted by atomic mass is 10.1. The Hall–Kier alpha value is -2.37. The Kier molecular flexibility index (Phi) is 3.27. The predicted molar refractivity (Wildman–Crippen MR) is 65.0 cm³/mol. The van der Waals surface area contributed by atoms with Crippen LogP contribution in [0, 0.1) is 12.7 Å². The number of amidine groups is 1. The minimum Gasteiger partial charge on any atom is -0.409 e. The fourth-order valence-corrected chi connectivity index (χ4v) is 1.73. The lowest BCUT2D eigenvalue weighted by Crippen LogP contribution is -2.20. The highest BCUT2D eigenvalue weighted by Gasteiger charge is 2.09. The molecule has 18 heavy (non-hydrogen) atoms.